The van der Waals surface area contributed by atoms with E-state index in [9.17, 15) is 4.79 Å². The molecule has 2 aromatic rings. The van der Waals surface area contributed by atoms with Gasteiger partial charge in [0.15, 0.2) is 0 Å². The van der Waals surface area contributed by atoms with Gasteiger partial charge in [-0.2, -0.15) is 5.10 Å². The van der Waals surface area contributed by atoms with Crippen LogP contribution in [0.2, 0.25) is 0 Å². The molecular formula is C13H16N4O. The van der Waals surface area contributed by atoms with Crippen LogP contribution in [0.5, 0.6) is 0 Å². The molecule has 18 heavy (non-hydrogen) atoms. The maximum absolute atomic E-state index is 12.0. The maximum atomic E-state index is 12.0. The Kier molecular flexibility index (Phi) is 2.98. The van der Waals surface area contributed by atoms with Gasteiger partial charge in [0, 0.05) is 11.8 Å². The normalized spacial score (nSPS) is 19.2. The fourth-order valence-electron chi connectivity index (χ4n) is 2.43. The van der Waals surface area contributed by atoms with Crippen molar-refractivity contribution in [3.05, 3.63) is 24.4 Å². The summed E-state index contributed by atoms with van der Waals surface area (Å²) < 4.78 is 0. The molecule has 0 aliphatic carbocycles. The van der Waals surface area contributed by atoms with Gasteiger partial charge in [-0.25, -0.2) is 0 Å². The minimum atomic E-state index is 0.0809. The van der Waals surface area contributed by atoms with Gasteiger partial charge in [0.25, 0.3) is 0 Å². The maximum Gasteiger partial charge on any atom is 0.224 e. The van der Waals surface area contributed by atoms with Crippen molar-refractivity contribution in [2.24, 2.45) is 5.92 Å². The molecular weight excluding hydrogens is 228 g/mol. The lowest BCUT2D eigenvalue weighted by Crippen LogP contribution is -2.18. The Morgan fingerprint density at radius 3 is 3.28 bits per heavy atom. The van der Waals surface area contributed by atoms with Gasteiger partial charge < -0.3 is 10.6 Å². The Balaban J connectivity index is 1.71. The Morgan fingerprint density at radius 1 is 1.50 bits per heavy atom. The number of carbonyl (C=O) groups excluding carboxylic acids is 1. The van der Waals surface area contributed by atoms with Crippen molar-refractivity contribution in [2.45, 2.75) is 12.8 Å². The molecule has 0 radical (unpaired) electrons. The lowest BCUT2D eigenvalue weighted by molar-refractivity contribution is -0.116. The minimum Gasteiger partial charge on any atom is -0.325 e. The second-order valence-corrected chi connectivity index (χ2v) is 4.75. The Bertz CT molecular complexity index is 557. The molecule has 1 aliphatic rings. The van der Waals surface area contributed by atoms with Crippen molar-refractivity contribution < 1.29 is 4.79 Å². The van der Waals surface area contributed by atoms with Gasteiger partial charge in [-0.1, -0.05) is 6.07 Å². The molecule has 1 aliphatic heterocycles. The molecule has 1 aromatic heterocycles. The van der Waals surface area contributed by atoms with E-state index in [4.69, 9.17) is 0 Å². The molecule has 5 heteroatoms. The predicted octanol–water partition coefficient (Wildman–Crippen LogP) is 1.50. The number of anilines is 1. The number of fused-ring (bicyclic) bond motifs is 1. The van der Waals surface area contributed by atoms with Gasteiger partial charge in [-0.05, 0) is 37.6 Å². The number of nitrogens with one attached hydrogen (secondary N) is 3. The fourth-order valence-corrected chi connectivity index (χ4v) is 2.43. The standard InChI is InChI=1S/C13H16N4O/c18-13(6-9-4-5-14-7-9)16-11-2-1-3-12-10(11)8-15-17-12/h1-3,8-9,14H,4-7H2,(H,15,17)(H,16,18). The number of nitrogens with zero attached hydrogens (tertiary/aromatic N) is 1. The van der Waals surface area contributed by atoms with Crippen molar-refractivity contribution in [2.75, 3.05) is 18.4 Å². The number of hydrogen-bond acceptors (Lipinski definition) is 3. The number of amides is 1. The highest BCUT2D eigenvalue weighted by molar-refractivity contribution is 6.00. The quantitative estimate of drug-likeness (QED) is 0.766. The second kappa shape index (κ2) is 4.78. The fraction of sp³-hybridized carbons (Fsp3) is 0.385. The zero-order valence-electron chi connectivity index (χ0n) is 10.1. The SMILES string of the molecule is O=C(CC1CCNC1)Nc1cccc2[nH]ncc12. The highest BCUT2D eigenvalue weighted by atomic mass is 16.1. The van der Waals surface area contributed by atoms with Crippen molar-refractivity contribution in [1.82, 2.24) is 15.5 Å². The molecule has 3 N–H and O–H groups in total. The summed E-state index contributed by atoms with van der Waals surface area (Å²) in [5, 5.41) is 14.1. The summed E-state index contributed by atoms with van der Waals surface area (Å²) in [4.78, 5) is 12.0. The minimum absolute atomic E-state index is 0.0809. The largest absolute Gasteiger partial charge is 0.325 e. The average molecular weight is 244 g/mol. The summed E-state index contributed by atoms with van der Waals surface area (Å²) >= 11 is 0. The van der Waals surface area contributed by atoms with Crippen LogP contribution in [0.15, 0.2) is 24.4 Å². The van der Waals surface area contributed by atoms with Gasteiger partial charge in [0.05, 0.1) is 17.4 Å². The first kappa shape index (κ1) is 11.2. The molecule has 1 aromatic carbocycles. The van der Waals surface area contributed by atoms with E-state index in [0.717, 1.165) is 36.1 Å². The summed E-state index contributed by atoms with van der Waals surface area (Å²) in [6, 6.07) is 5.76. The van der Waals surface area contributed by atoms with Crippen LogP contribution in [-0.2, 0) is 4.79 Å². The molecule has 1 amide bonds. The number of aromatic nitrogens is 2. The van der Waals surface area contributed by atoms with Gasteiger partial charge in [-0.3, -0.25) is 9.89 Å². The van der Waals surface area contributed by atoms with E-state index >= 15 is 0 Å². The summed E-state index contributed by atoms with van der Waals surface area (Å²) in [6.45, 7) is 1.97. The lowest BCUT2D eigenvalue weighted by atomic mass is 10.0. The Labute approximate surface area is 105 Å². The Morgan fingerprint density at radius 2 is 2.44 bits per heavy atom. The third-order valence-electron chi connectivity index (χ3n) is 3.40. The number of carbonyl (C=O) groups is 1. The second-order valence-electron chi connectivity index (χ2n) is 4.75. The molecule has 1 fully saturated rings. The van der Waals surface area contributed by atoms with E-state index in [1.807, 2.05) is 18.2 Å². The van der Waals surface area contributed by atoms with Crippen LogP contribution in [-0.4, -0.2) is 29.2 Å². The molecule has 1 atom stereocenters. The first-order valence-corrected chi connectivity index (χ1v) is 6.25. The van der Waals surface area contributed by atoms with Crippen molar-refractivity contribution in [3.8, 4) is 0 Å². The van der Waals surface area contributed by atoms with Crippen LogP contribution < -0.4 is 10.6 Å². The summed E-state index contributed by atoms with van der Waals surface area (Å²) in [7, 11) is 0. The van der Waals surface area contributed by atoms with E-state index < -0.39 is 0 Å². The van der Waals surface area contributed by atoms with E-state index in [1.54, 1.807) is 6.20 Å². The first-order chi connectivity index (χ1) is 8.83. The van der Waals surface area contributed by atoms with E-state index in [1.165, 1.54) is 0 Å². The third kappa shape index (κ3) is 2.22. The lowest BCUT2D eigenvalue weighted by Gasteiger charge is -2.09. The predicted molar refractivity (Wildman–Crippen MR) is 70.3 cm³/mol. The topological polar surface area (TPSA) is 69.8 Å². The number of rotatable bonds is 3. The van der Waals surface area contributed by atoms with E-state index in [0.29, 0.717) is 12.3 Å². The number of hydrogen-bond donors (Lipinski definition) is 3. The smallest absolute Gasteiger partial charge is 0.224 e. The van der Waals surface area contributed by atoms with E-state index in [2.05, 4.69) is 20.8 Å². The average Bonchev–Trinajstić information content (AvgIpc) is 2.99. The van der Waals surface area contributed by atoms with Crippen molar-refractivity contribution >= 4 is 22.5 Å². The first-order valence-electron chi connectivity index (χ1n) is 6.25. The molecule has 0 bridgehead atoms. The number of benzene rings is 1. The summed E-state index contributed by atoms with van der Waals surface area (Å²) in [5.41, 5.74) is 1.77. The monoisotopic (exact) mass is 244 g/mol. The summed E-state index contributed by atoms with van der Waals surface area (Å²) in [6.07, 6.45) is 3.41. The van der Waals surface area contributed by atoms with Crippen molar-refractivity contribution in [1.29, 1.82) is 0 Å². The van der Waals surface area contributed by atoms with Crippen LogP contribution in [0.4, 0.5) is 5.69 Å². The van der Waals surface area contributed by atoms with Gasteiger partial charge in [0.1, 0.15) is 0 Å². The van der Waals surface area contributed by atoms with Crippen LogP contribution in [0.3, 0.4) is 0 Å². The third-order valence-corrected chi connectivity index (χ3v) is 3.40. The van der Waals surface area contributed by atoms with Crippen molar-refractivity contribution in [3.63, 3.8) is 0 Å². The zero-order chi connectivity index (χ0) is 12.4. The molecule has 5 nitrogen and oxygen atoms in total. The zero-order valence-corrected chi connectivity index (χ0v) is 10.1. The van der Waals surface area contributed by atoms with Gasteiger partial charge >= 0.3 is 0 Å². The van der Waals surface area contributed by atoms with Gasteiger partial charge in [0.2, 0.25) is 5.91 Å². The molecule has 3 rings (SSSR count). The number of H-pyrrole nitrogens is 1. The molecule has 0 saturated carbocycles. The van der Waals surface area contributed by atoms with Crippen LogP contribution in [0.25, 0.3) is 10.9 Å². The van der Waals surface area contributed by atoms with E-state index in [-0.39, 0.29) is 5.91 Å². The van der Waals surface area contributed by atoms with Gasteiger partial charge in [-0.15, -0.1) is 0 Å². The Hall–Kier alpha value is -1.88. The van der Waals surface area contributed by atoms with Crippen LogP contribution in [0.1, 0.15) is 12.8 Å². The molecule has 0 spiro atoms. The molecule has 2 heterocycles. The molecule has 1 unspecified atom stereocenters. The van der Waals surface area contributed by atoms with Crippen LogP contribution in [0, 0.1) is 5.92 Å². The molecule has 94 valence electrons. The molecule has 1 saturated heterocycles. The van der Waals surface area contributed by atoms with Crippen LogP contribution >= 0.6 is 0 Å². The highest BCUT2D eigenvalue weighted by Gasteiger charge is 2.18. The number of aromatic amines is 1. The highest BCUT2D eigenvalue weighted by Crippen LogP contribution is 2.22. The summed E-state index contributed by atoms with van der Waals surface area (Å²) in [5.74, 6) is 0.547.